The summed E-state index contributed by atoms with van der Waals surface area (Å²) in [5.41, 5.74) is 6.66. The fourth-order valence-corrected chi connectivity index (χ4v) is 2.88. The molecule has 1 aromatic carbocycles. The van der Waals surface area contributed by atoms with Crippen LogP contribution < -0.4 is 5.73 Å². The molecule has 0 saturated heterocycles. The van der Waals surface area contributed by atoms with Crippen molar-refractivity contribution in [3.63, 3.8) is 0 Å². The number of hydrogen-bond donors (Lipinski definition) is 1. The first-order valence-corrected chi connectivity index (χ1v) is 7.88. The lowest BCUT2D eigenvalue weighted by Gasteiger charge is -1.99. The van der Waals surface area contributed by atoms with Crippen LogP contribution in [0.25, 0.3) is 17.2 Å². The monoisotopic (exact) mass is 370 g/mol. The molecule has 0 bridgehead atoms. The summed E-state index contributed by atoms with van der Waals surface area (Å²) in [5.74, 6) is 1.18. The molecule has 0 amide bonds. The summed E-state index contributed by atoms with van der Waals surface area (Å²) >= 11 is 10.8. The third-order valence-corrected chi connectivity index (χ3v) is 4.01. The minimum absolute atomic E-state index is 0.253. The van der Waals surface area contributed by atoms with Gasteiger partial charge in [-0.05, 0) is 40.4 Å². The van der Waals surface area contributed by atoms with E-state index in [-0.39, 0.29) is 5.95 Å². The molecule has 0 saturated carbocycles. The second-order valence-corrected chi connectivity index (χ2v) is 5.90. The van der Waals surface area contributed by atoms with Crippen LogP contribution in [0, 0.1) is 0 Å². The third kappa shape index (κ3) is 2.34. The number of fused-ring (bicyclic) bond motifs is 1. The average molecular weight is 372 g/mol. The van der Waals surface area contributed by atoms with Crippen molar-refractivity contribution in [3.8, 4) is 11.4 Å². The van der Waals surface area contributed by atoms with E-state index in [1.54, 1.807) is 12.1 Å². The Morgan fingerprint density at radius 2 is 2.10 bits per heavy atom. The average Bonchev–Trinajstić information content (AvgIpc) is 2.82. The number of halogens is 2. The summed E-state index contributed by atoms with van der Waals surface area (Å²) in [5, 5.41) is 5.51. The van der Waals surface area contributed by atoms with Gasteiger partial charge in [0.1, 0.15) is 0 Å². The van der Waals surface area contributed by atoms with Gasteiger partial charge in [-0.3, -0.25) is 0 Å². The maximum atomic E-state index is 5.93. The van der Waals surface area contributed by atoms with Gasteiger partial charge in [0.25, 0.3) is 5.78 Å². The Hall–Kier alpha value is -1.38. The first kappa shape index (κ1) is 13.6. The smallest absolute Gasteiger partial charge is 0.258 e. The minimum Gasteiger partial charge on any atom is -0.368 e. The van der Waals surface area contributed by atoms with Gasteiger partial charge in [0, 0.05) is 15.1 Å². The normalized spacial score (nSPS) is 11.2. The number of benzene rings is 1. The molecule has 2 heterocycles. The molecule has 0 aliphatic rings. The number of thioether (sulfide) groups is 1. The van der Waals surface area contributed by atoms with Gasteiger partial charge in [0.15, 0.2) is 11.0 Å². The van der Waals surface area contributed by atoms with Crippen LogP contribution in [0.15, 0.2) is 27.8 Å². The Balaban J connectivity index is 2.20. The summed E-state index contributed by atoms with van der Waals surface area (Å²) < 4.78 is 2.22. The van der Waals surface area contributed by atoms with Crippen molar-refractivity contribution in [3.05, 3.63) is 27.7 Å². The van der Waals surface area contributed by atoms with Crippen LogP contribution in [-0.2, 0) is 0 Å². The lowest BCUT2D eigenvalue weighted by molar-refractivity contribution is 0.851. The van der Waals surface area contributed by atoms with Crippen molar-refractivity contribution in [2.24, 2.45) is 0 Å². The molecule has 102 valence electrons. The van der Waals surface area contributed by atoms with Crippen LogP contribution >= 0.6 is 39.3 Å². The molecule has 0 radical (unpaired) electrons. The molecule has 0 spiro atoms. The van der Waals surface area contributed by atoms with Crippen LogP contribution in [0.5, 0.6) is 0 Å². The van der Waals surface area contributed by atoms with Crippen LogP contribution in [0.1, 0.15) is 0 Å². The van der Waals surface area contributed by atoms with E-state index < -0.39 is 0 Å². The molecular weight excluding hydrogens is 364 g/mol. The molecule has 0 aliphatic heterocycles. The number of rotatable bonds is 2. The van der Waals surface area contributed by atoms with Crippen LogP contribution in [0.4, 0.5) is 5.95 Å². The Bertz CT molecular complexity index is 805. The maximum absolute atomic E-state index is 5.93. The van der Waals surface area contributed by atoms with E-state index in [4.69, 9.17) is 17.3 Å². The number of aromatic nitrogens is 5. The number of nitrogens with zero attached hydrogens (tertiary/aromatic N) is 5. The molecule has 0 unspecified atom stereocenters. The highest BCUT2D eigenvalue weighted by molar-refractivity contribution is 9.10. The van der Waals surface area contributed by atoms with E-state index in [1.165, 1.54) is 16.3 Å². The predicted octanol–water partition coefficient (Wildman–Crippen LogP) is 2.91. The van der Waals surface area contributed by atoms with Gasteiger partial charge in [-0.1, -0.05) is 23.4 Å². The molecule has 9 heteroatoms. The minimum atomic E-state index is 0.253. The van der Waals surface area contributed by atoms with Gasteiger partial charge in [0.05, 0.1) is 0 Å². The molecule has 2 N–H and O–H groups in total. The van der Waals surface area contributed by atoms with Crippen molar-refractivity contribution >= 4 is 51.0 Å². The van der Waals surface area contributed by atoms with Crippen molar-refractivity contribution in [2.75, 3.05) is 12.0 Å². The quantitative estimate of drug-likeness (QED) is 0.698. The second kappa shape index (κ2) is 5.19. The van der Waals surface area contributed by atoms with Gasteiger partial charge in [-0.2, -0.15) is 19.5 Å². The molecular formula is C11H8BrClN6S. The number of nitrogens with two attached hydrogens (primary N) is 1. The Kier molecular flexibility index (Phi) is 3.53. The molecule has 6 nitrogen and oxygen atoms in total. The van der Waals surface area contributed by atoms with E-state index >= 15 is 0 Å². The van der Waals surface area contributed by atoms with Crippen LogP contribution in [0.2, 0.25) is 5.02 Å². The first-order chi connectivity index (χ1) is 9.58. The lowest BCUT2D eigenvalue weighted by atomic mass is 10.2. The van der Waals surface area contributed by atoms with Gasteiger partial charge in [-0.15, -0.1) is 5.10 Å². The lowest BCUT2D eigenvalue weighted by Crippen LogP contribution is -2.04. The van der Waals surface area contributed by atoms with E-state index in [0.717, 1.165) is 10.0 Å². The van der Waals surface area contributed by atoms with Crippen LogP contribution in [0.3, 0.4) is 0 Å². The zero-order valence-corrected chi connectivity index (χ0v) is 13.4. The molecule has 2 aromatic heterocycles. The standard InChI is InChI=1S/C11H8BrClN6S/c1-20-11-16-9(14)19-10(17-11)15-8(18-19)6-3-2-5(13)4-7(6)12/h2-4H,1H3,(H2,14,15,16,17,18). The number of nitrogen functional groups attached to an aromatic ring is 1. The molecule has 0 atom stereocenters. The van der Waals surface area contributed by atoms with E-state index in [9.17, 15) is 0 Å². The Morgan fingerprint density at radius 3 is 2.80 bits per heavy atom. The topological polar surface area (TPSA) is 82.0 Å². The van der Waals surface area contributed by atoms with E-state index in [2.05, 4.69) is 36.0 Å². The number of anilines is 1. The largest absolute Gasteiger partial charge is 0.368 e. The summed E-state index contributed by atoms with van der Waals surface area (Å²) in [7, 11) is 0. The van der Waals surface area contributed by atoms with E-state index in [1.807, 2.05) is 12.3 Å². The zero-order chi connectivity index (χ0) is 14.3. The molecule has 20 heavy (non-hydrogen) atoms. The Morgan fingerprint density at radius 1 is 1.30 bits per heavy atom. The zero-order valence-electron chi connectivity index (χ0n) is 10.2. The summed E-state index contributed by atoms with van der Waals surface area (Å²) in [6.07, 6.45) is 1.87. The van der Waals surface area contributed by atoms with Gasteiger partial charge >= 0.3 is 0 Å². The summed E-state index contributed by atoms with van der Waals surface area (Å²) in [4.78, 5) is 12.8. The van der Waals surface area contributed by atoms with Crippen molar-refractivity contribution in [2.45, 2.75) is 5.16 Å². The summed E-state index contributed by atoms with van der Waals surface area (Å²) in [6, 6.07) is 5.39. The summed E-state index contributed by atoms with van der Waals surface area (Å²) in [6.45, 7) is 0. The molecule has 3 rings (SSSR count). The maximum Gasteiger partial charge on any atom is 0.258 e. The van der Waals surface area contributed by atoms with Crippen molar-refractivity contribution < 1.29 is 0 Å². The Labute approximate surface area is 131 Å². The predicted molar refractivity (Wildman–Crippen MR) is 82.9 cm³/mol. The van der Waals surface area contributed by atoms with Crippen LogP contribution in [-0.4, -0.2) is 30.8 Å². The van der Waals surface area contributed by atoms with Crippen molar-refractivity contribution in [1.82, 2.24) is 24.6 Å². The first-order valence-electron chi connectivity index (χ1n) is 5.48. The van der Waals surface area contributed by atoms with Gasteiger partial charge < -0.3 is 5.73 Å². The second-order valence-electron chi connectivity index (χ2n) is 3.84. The fourth-order valence-electron chi connectivity index (χ4n) is 1.66. The van der Waals surface area contributed by atoms with E-state index in [0.29, 0.717) is 21.8 Å². The van der Waals surface area contributed by atoms with Crippen molar-refractivity contribution in [1.29, 1.82) is 0 Å². The number of hydrogen-bond acceptors (Lipinski definition) is 6. The highest BCUT2D eigenvalue weighted by atomic mass is 79.9. The third-order valence-electron chi connectivity index (χ3n) is 2.57. The molecule has 3 aromatic rings. The molecule has 0 aliphatic carbocycles. The highest BCUT2D eigenvalue weighted by Crippen LogP contribution is 2.29. The fraction of sp³-hybridized carbons (Fsp3) is 0.0909. The van der Waals surface area contributed by atoms with Gasteiger partial charge in [-0.25, -0.2) is 0 Å². The molecule has 0 fully saturated rings. The highest BCUT2D eigenvalue weighted by Gasteiger charge is 2.14. The van der Waals surface area contributed by atoms with Gasteiger partial charge in [0.2, 0.25) is 5.95 Å². The SMILES string of the molecule is CSc1nc(N)n2nc(-c3ccc(Cl)cc3Br)nc2n1.